The molecule has 1 heterocycles. The topological polar surface area (TPSA) is 37.8 Å². The van der Waals surface area contributed by atoms with Crippen molar-refractivity contribution < 1.29 is 0 Å². The first kappa shape index (κ1) is 11.6. The van der Waals surface area contributed by atoms with E-state index in [1.54, 1.807) is 0 Å². The molecule has 0 amide bonds. The van der Waals surface area contributed by atoms with Gasteiger partial charge in [0.2, 0.25) is 0 Å². The van der Waals surface area contributed by atoms with E-state index in [1.807, 2.05) is 30.5 Å². The summed E-state index contributed by atoms with van der Waals surface area (Å²) in [5.41, 5.74) is 3.49. The van der Waals surface area contributed by atoms with Crippen LogP contribution in [0.3, 0.4) is 0 Å². The Morgan fingerprint density at radius 3 is 2.72 bits per heavy atom. The summed E-state index contributed by atoms with van der Waals surface area (Å²) < 4.78 is 0. The maximum atomic E-state index is 4.61. The molecule has 18 heavy (non-hydrogen) atoms. The minimum atomic E-state index is 0.518. The molecule has 3 heteroatoms. The second kappa shape index (κ2) is 4.65. The van der Waals surface area contributed by atoms with Crippen LogP contribution in [0, 0.1) is 5.41 Å². The van der Waals surface area contributed by atoms with E-state index in [0.29, 0.717) is 5.41 Å². The van der Waals surface area contributed by atoms with Gasteiger partial charge in [0, 0.05) is 13.1 Å². The van der Waals surface area contributed by atoms with Crippen molar-refractivity contribution in [2.45, 2.75) is 32.7 Å². The molecular formula is C15H19N3. The number of rotatable bonds is 4. The fraction of sp³-hybridized carbons (Fsp3) is 0.467. The van der Waals surface area contributed by atoms with Crippen LogP contribution in [0.15, 0.2) is 30.5 Å². The van der Waals surface area contributed by atoms with Gasteiger partial charge < -0.3 is 5.32 Å². The number of fused-ring (bicyclic) bond motifs is 1. The molecule has 3 rings (SSSR count). The van der Waals surface area contributed by atoms with Gasteiger partial charge in [-0.1, -0.05) is 25.5 Å². The number of hydrogen-bond donors (Lipinski definition) is 1. The van der Waals surface area contributed by atoms with E-state index in [2.05, 4.69) is 22.2 Å². The fourth-order valence-corrected chi connectivity index (χ4v) is 2.53. The first-order chi connectivity index (χ1) is 8.75. The number of nitrogens with zero attached hydrogens (tertiary/aromatic N) is 2. The van der Waals surface area contributed by atoms with Crippen LogP contribution in [0.5, 0.6) is 0 Å². The summed E-state index contributed by atoms with van der Waals surface area (Å²) in [6.45, 7) is 4.25. The number of nitrogens with one attached hydrogen (secondary N) is 1. The summed E-state index contributed by atoms with van der Waals surface area (Å²) in [6.07, 6.45) is 5.96. The van der Waals surface area contributed by atoms with Crippen molar-refractivity contribution in [3.63, 3.8) is 0 Å². The molecule has 0 unspecified atom stereocenters. The third kappa shape index (κ3) is 2.36. The average molecular weight is 241 g/mol. The third-order valence-electron chi connectivity index (χ3n) is 3.92. The van der Waals surface area contributed by atoms with Gasteiger partial charge in [0.25, 0.3) is 0 Å². The Kier molecular flexibility index (Phi) is 3.00. The molecule has 1 aliphatic carbocycles. The number of hydrogen-bond acceptors (Lipinski definition) is 3. The summed E-state index contributed by atoms with van der Waals surface area (Å²) in [6, 6.07) is 8.00. The maximum absolute atomic E-state index is 4.61. The SMILES string of the molecule is CC1(CNCc2cnc3ccccc3n2)CCC1. The van der Waals surface area contributed by atoms with Gasteiger partial charge in [-0.15, -0.1) is 0 Å². The van der Waals surface area contributed by atoms with Gasteiger partial charge in [-0.25, -0.2) is 4.98 Å². The molecule has 2 aromatic rings. The van der Waals surface area contributed by atoms with Crippen molar-refractivity contribution in [1.82, 2.24) is 15.3 Å². The zero-order valence-corrected chi connectivity index (χ0v) is 10.8. The second-order valence-corrected chi connectivity index (χ2v) is 5.62. The predicted octanol–water partition coefficient (Wildman–Crippen LogP) is 2.91. The highest BCUT2D eigenvalue weighted by Crippen LogP contribution is 2.39. The Hall–Kier alpha value is -1.48. The number of benzene rings is 1. The van der Waals surface area contributed by atoms with E-state index >= 15 is 0 Å². The van der Waals surface area contributed by atoms with Crippen LogP contribution < -0.4 is 5.32 Å². The van der Waals surface area contributed by atoms with Crippen LogP contribution in [0.25, 0.3) is 11.0 Å². The standard InChI is InChI=1S/C15H19N3/c1-15(7-4-8-15)11-16-9-12-10-17-13-5-2-3-6-14(13)18-12/h2-3,5-6,10,16H,4,7-9,11H2,1H3. The van der Waals surface area contributed by atoms with E-state index in [4.69, 9.17) is 0 Å². The lowest BCUT2D eigenvalue weighted by Crippen LogP contribution is -2.37. The van der Waals surface area contributed by atoms with Crippen molar-refractivity contribution in [3.8, 4) is 0 Å². The highest BCUT2D eigenvalue weighted by atomic mass is 14.9. The molecule has 0 bridgehead atoms. The summed E-state index contributed by atoms with van der Waals surface area (Å²) in [5.74, 6) is 0. The zero-order chi connectivity index (χ0) is 12.4. The van der Waals surface area contributed by atoms with Crippen molar-refractivity contribution in [2.75, 3.05) is 6.54 Å². The predicted molar refractivity (Wildman–Crippen MR) is 73.2 cm³/mol. The highest BCUT2D eigenvalue weighted by molar-refractivity contribution is 5.73. The first-order valence-corrected chi connectivity index (χ1v) is 6.67. The third-order valence-corrected chi connectivity index (χ3v) is 3.92. The van der Waals surface area contributed by atoms with Crippen LogP contribution in [-0.4, -0.2) is 16.5 Å². The molecule has 1 fully saturated rings. The molecule has 94 valence electrons. The van der Waals surface area contributed by atoms with Gasteiger partial charge in [0.15, 0.2) is 0 Å². The van der Waals surface area contributed by atoms with Crippen LogP contribution in [0.2, 0.25) is 0 Å². The molecule has 0 saturated heterocycles. The van der Waals surface area contributed by atoms with Gasteiger partial charge in [-0.05, 0) is 30.4 Å². The van der Waals surface area contributed by atoms with E-state index < -0.39 is 0 Å². The lowest BCUT2D eigenvalue weighted by atomic mass is 9.70. The van der Waals surface area contributed by atoms with Crippen LogP contribution in [0.1, 0.15) is 31.9 Å². The molecule has 0 atom stereocenters. The van der Waals surface area contributed by atoms with Gasteiger partial charge in [-0.2, -0.15) is 0 Å². The van der Waals surface area contributed by atoms with Crippen molar-refractivity contribution in [3.05, 3.63) is 36.2 Å². The Bertz CT molecular complexity index is 546. The maximum Gasteiger partial charge on any atom is 0.0890 e. The average Bonchev–Trinajstić information content (AvgIpc) is 2.37. The molecule has 1 aromatic carbocycles. The van der Waals surface area contributed by atoms with Crippen LogP contribution in [0.4, 0.5) is 0 Å². The zero-order valence-electron chi connectivity index (χ0n) is 10.8. The fourth-order valence-electron chi connectivity index (χ4n) is 2.53. The van der Waals surface area contributed by atoms with Gasteiger partial charge in [0.1, 0.15) is 0 Å². The minimum Gasteiger partial charge on any atom is -0.311 e. The highest BCUT2D eigenvalue weighted by Gasteiger charge is 2.30. The largest absolute Gasteiger partial charge is 0.311 e. The Morgan fingerprint density at radius 2 is 2.00 bits per heavy atom. The molecule has 1 aliphatic rings. The lowest BCUT2D eigenvalue weighted by molar-refractivity contribution is 0.156. The molecule has 1 saturated carbocycles. The van der Waals surface area contributed by atoms with Crippen LogP contribution in [-0.2, 0) is 6.54 Å². The molecule has 0 spiro atoms. The van der Waals surface area contributed by atoms with E-state index in [0.717, 1.165) is 29.8 Å². The molecule has 3 nitrogen and oxygen atoms in total. The van der Waals surface area contributed by atoms with E-state index in [-0.39, 0.29) is 0 Å². The normalized spacial score (nSPS) is 17.6. The molecule has 1 aromatic heterocycles. The Labute approximate surface area is 108 Å². The monoisotopic (exact) mass is 241 g/mol. The smallest absolute Gasteiger partial charge is 0.0890 e. The summed E-state index contributed by atoms with van der Waals surface area (Å²) in [7, 11) is 0. The molecular weight excluding hydrogens is 222 g/mol. The van der Waals surface area contributed by atoms with E-state index in [1.165, 1.54) is 19.3 Å². The Morgan fingerprint density at radius 1 is 1.22 bits per heavy atom. The number of para-hydroxylation sites is 2. The summed E-state index contributed by atoms with van der Waals surface area (Å²) in [5, 5.41) is 3.51. The summed E-state index contributed by atoms with van der Waals surface area (Å²) >= 11 is 0. The lowest BCUT2D eigenvalue weighted by Gasteiger charge is -2.38. The van der Waals surface area contributed by atoms with Gasteiger partial charge >= 0.3 is 0 Å². The van der Waals surface area contributed by atoms with Gasteiger partial charge in [0.05, 0.1) is 22.9 Å². The van der Waals surface area contributed by atoms with E-state index in [9.17, 15) is 0 Å². The van der Waals surface area contributed by atoms with Gasteiger partial charge in [-0.3, -0.25) is 4.98 Å². The quantitative estimate of drug-likeness (QED) is 0.894. The second-order valence-electron chi connectivity index (χ2n) is 5.62. The van der Waals surface area contributed by atoms with Crippen molar-refractivity contribution in [1.29, 1.82) is 0 Å². The summed E-state index contributed by atoms with van der Waals surface area (Å²) in [4.78, 5) is 9.04. The molecule has 0 aliphatic heterocycles. The minimum absolute atomic E-state index is 0.518. The molecule has 0 radical (unpaired) electrons. The number of aromatic nitrogens is 2. The van der Waals surface area contributed by atoms with Crippen LogP contribution >= 0.6 is 0 Å². The molecule has 1 N–H and O–H groups in total. The Balaban J connectivity index is 1.64. The van der Waals surface area contributed by atoms with Crippen molar-refractivity contribution in [2.24, 2.45) is 5.41 Å². The first-order valence-electron chi connectivity index (χ1n) is 6.67. The van der Waals surface area contributed by atoms with Crippen molar-refractivity contribution >= 4 is 11.0 Å².